The van der Waals surface area contributed by atoms with Gasteiger partial charge >= 0.3 is 0 Å². The first kappa shape index (κ1) is 9.61. The topological polar surface area (TPSA) is 54.0 Å². The fourth-order valence-electron chi connectivity index (χ4n) is 1.56. The van der Waals surface area contributed by atoms with E-state index >= 15 is 0 Å². The fourth-order valence-corrected chi connectivity index (χ4v) is 2.09. The molecule has 1 fully saturated rings. The maximum absolute atomic E-state index is 11.6. The molecule has 2 rings (SSSR count). The van der Waals surface area contributed by atoms with E-state index in [0.29, 0.717) is 11.2 Å². The second-order valence-corrected chi connectivity index (χ2v) is 4.38. The highest BCUT2D eigenvalue weighted by Gasteiger charge is 2.33. The number of carbonyl (C=O) groups excluding carboxylic acids is 1. The van der Waals surface area contributed by atoms with Gasteiger partial charge in [0.1, 0.15) is 0 Å². The van der Waals surface area contributed by atoms with Crippen LogP contribution in [-0.4, -0.2) is 24.0 Å². The zero-order valence-electron chi connectivity index (χ0n) is 7.99. The summed E-state index contributed by atoms with van der Waals surface area (Å²) in [4.78, 5) is 15.6. The summed E-state index contributed by atoms with van der Waals surface area (Å²) in [6.07, 6.45) is 3.57. The van der Waals surface area contributed by atoms with E-state index in [1.165, 1.54) is 11.3 Å². The first-order valence-electron chi connectivity index (χ1n) is 4.67. The monoisotopic (exact) mass is 211 g/mol. The zero-order valence-corrected chi connectivity index (χ0v) is 8.80. The van der Waals surface area contributed by atoms with Crippen molar-refractivity contribution in [2.24, 2.45) is 5.92 Å². The van der Waals surface area contributed by atoms with E-state index in [2.05, 4.69) is 15.6 Å². The van der Waals surface area contributed by atoms with Crippen LogP contribution in [0.4, 0.5) is 5.13 Å². The van der Waals surface area contributed by atoms with Crippen molar-refractivity contribution in [3.63, 3.8) is 0 Å². The number of amides is 1. The number of nitrogens with one attached hydrogen (secondary N) is 2. The first-order valence-corrected chi connectivity index (χ1v) is 5.55. The Hall–Kier alpha value is -0.940. The molecule has 5 heteroatoms. The molecule has 0 radical (unpaired) electrons. The van der Waals surface area contributed by atoms with Gasteiger partial charge in [-0.15, -0.1) is 11.3 Å². The highest BCUT2D eigenvalue weighted by molar-refractivity contribution is 7.13. The number of aromatic nitrogens is 1. The molecule has 1 amide bonds. The molecule has 1 heterocycles. The van der Waals surface area contributed by atoms with Gasteiger partial charge in [-0.1, -0.05) is 0 Å². The Kier molecular flexibility index (Phi) is 2.79. The number of hydrogen-bond acceptors (Lipinski definition) is 4. The number of nitrogens with zero attached hydrogens (tertiary/aromatic N) is 1. The molecule has 0 spiro atoms. The van der Waals surface area contributed by atoms with Crippen LogP contribution in [0.25, 0.3) is 0 Å². The SMILES string of the molecule is CNC1CC(C(=O)Nc2nccs2)C1. The van der Waals surface area contributed by atoms with Crippen molar-refractivity contribution in [1.82, 2.24) is 10.3 Å². The predicted molar refractivity (Wildman–Crippen MR) is 56.3 cm³/mol. The van der Waals surface area contributed by atoms with E-state index in [0.717, 1.165) is 12.8 Å². The van der Waals surface area contributed by atoms with Crippen LogP contribution in [0.3, 0.4) is 0 Å². The molecule has 1 aromatic rings. The molecule has 1 saturated carbocycles. The molecule has 14 heavy (non-hydrogen) atoms. The average Bonchev–Trinajstić information content (AvgIpc) is 2.54. The van der Waals surface area contributed by atoms with Gasteiger partial charge in [0, 0.05) is 23.5 Å². The van der Waals surface area contributed by atoms with Gasteiger partial charge in [0.15, 0.2) is 5.13 Å². The molecule has 76 valence electrons. The van der Waals surface area contributed by atoms with Crippen molar-refractivity contribution < 1.29 is 4.79 Å². The standard InChI is InChI=1S/C9H13N3OS/c1-10-7-4-6(5-7)8(13)12-9-11-2-3-14-9/h2-3,6-7,10H,4-5H2,1H3,(H,11,12,13). The van der Waals surface area contributed by atoms with Crippen LogP contribution in [0.15, 0.2) is 11.6 Å². The van der Waals surface area contributed by atoms with Crippen molar-refractivity contribution in [3.8, 4) is 0 Å². The van der Waals surface area contributed by atoms with Gasteiger partial charge in [0.25, 0.3) is 0 Å². The Morgan fingerprint density at radius 1 is 1.64 bits per heavy atom. The van der Waals surface area contributed by atoms with Crippen LogP contribution >= 0.6 is 11.3 Å². The van der Waals surface area contributed by atoms with Gasteiger partial charge < -0.3 is 10.6 Å². The largest absolute Gasteiger partial charge is 0.317 e. The normalized spacial score (nSPS) is 25.5. The lowest BCUT2D eigenvalue weighted by molar-refractivity contribution is -0.122. The Balaban J connectivity index is 1.80. The fraction of sp³-hybridized carbons (Fsp3) is 0.556. The molecule has 2 N–H and O–H groups in total. The second-order valence-electron chi connectivity index (χ2n) is 3.48. The lowest BCUT2D eigenvalue weighted by atomic mass is 9.80. The third kappa shape index (κ3) is 1.93. The maximum atomic E-state index is 11.6. The highest BCUT2D eigenvalue weighted by atomic mass is 32.1. The minimum atomic E-state index is 0.103. The minimum absolute atomic E-state index is 0.103. The van der Waals surface area contributed by atoms with Crippen molar-refractivity contribution >= 4 is 22.4 Å². The van der Waals surface area contributed by atoms with Gasteiger partial charge in [0.05, 0.1) is 0 Å². The van der Waals surface area contributed by atoms with E-state index in [1.807, 2.05) is 12.4 Å². The number of rotatable bonds is 3. The second kappa shape index (κ2) is 4.06. The Morgan fingerprint density at radius 2 is 2.43 bits per heavy atom. The summed E-state index contributed by atoms with van der Waals surface area (Å²) in [5.74, 6) is 0.266. The highest BCUT2D eigenvalue weighted by Crippen LogP contribution is 2.28. The Labute approximate surface area is 86.7 Å². The van der Waals surface area contributed by atoms with Crippen molar-refractivity contribution in [2.45, 2.75) is 18.9 Å². The van der Waals surface area contributed by atoms with Crippen LogP contribution in [0.5, 0.6) is 0 Å². The van der Waals surface area contributed by atoms with E-state index in [1.54, 1.807) is 6.20 Å². The Bertz CT molecular complexity index is 306. The van der Waals surface area contributed by atoms with Crippen LogP contribution in [0.2, 0.25) is 0 Å². The minimum Gasteiger partial charge on any atom is -0.317 e. The number of anilines is 1. The maximum Gasteiger partial charge on any atom is 0.229 e. The van der Waals surface area contributed by atoms with Crippen LogP contribution < -0.4 is 10.6 Å². The molecule has 0 unspecified atom stereocenters. The summed E-state index contributed by atoms with van der Waals surface area (Å²) in [7, 11) is 1.93. The van der Waals surface area contributed by atoms with E-state index in [4.69, 9.17) is 0 Å². The van der Waals surface area contributed by atoms with Crippen molar-refractivity contribution in [3.05, 3.63) is 11.6 Å². The molecular weight excluding hydrogens is 198 g/mol. The molecule has 1 aromatic heterocycles. The van der Waals surface area contributed by atoms with E-state index in [9.17, 15) is 4.79 Å². The van der Waals surface area contributed by atoms with Crippen molar-refractivity contribution in [1.29, 1.82) is 0 Å². The van der Waals surface area contributed by atoms with Gasteiger partial charge in [-0.3, -0.25) is 4.79 Å². The first-order chi connectivity index (χ1) is 6.79. The molecule has 4 nitrogen and oxygen atoms in total. The summed E-state index contributed by atoms with van der Waals surface area (Å²) in [5.41, 5.74) is 0. The third-order valence-electron chi connectivity index (χ3n) is 2.58. The molecule has 0 atom stereocenters. The van der Waals surface area contributed by atoms with Crippen LogP contribution in [0, 0.1) is 5.92 Å². The zero-order chi connectivity index (χ0) is 9.97. The third-order valence-corrected chi connectivity index (χ3v) is 3.27. The number of hydrogen-bond donors (Lipinski definition) is 2. The summed E-state index contributed by atoms with van der Waals surface area (Å²) in [6, 6.07) is 0.516. The lowest BCUT2D eigenvalue weighted by Crippen LogP contribution is -2.44. The van der Waals surface area contributed by atoms with E-state index in [-0.39, 0.29) is 11.8 Å². The molecule has 0 saturated heterocycles. The van der Waals surface area contributed by atoms with E-state index < -0.39 is 0 Å². The molecule has 0 aliphatic heterocycles. The smallest absolute Gasteiger partial charge is 0.229 e. The number of carbonyl (C=O) groups is 1. The summed E-state index contributed by atoms with van der Waals surface area (Å²) in [6.45, 7) is 0. The average molecular weight is 211 g/mol. The molecular formula is C9H13N3OS. The van der Waals surface area contributed by atoms with Gasteiger partial charge in [-0.2, -0.15) is 0 Å². The van der Waals surface area contributed by atoms with Crippen molar-refractivity contribution in [2.75, 3.05) is 12.4 Å². The lowest BCUT2D eigenvalue weighted by Gasteiger charge is -2.33. The van der Waals surface area contributed by atoms with Gasteiger partial charge in [-0.25, -0.2) is 4.98 Å². The van der Waals surface area contributed by atoms with Gasteiger partial charge in [-0.05, 0) is 19.9 Å². The predicted octanol–water partition coefficient (Wildman–Crippen LogP) is 1.08. The Morgan fingerprint density at radius 3 is 3.00 bits per heavy atom. The molecule has 0 aromatic carbocycles. The summed E-state index contributed by atoms with van der Waals surface area (Å²) < 4.78 is 0. The van der Waals surface area contributed by atoms with Crippen LogP contribution in [0.1, 0.15) is 12.8 Å². The quantitative estimate of drug-likeness (QED) is 0.786. The summed E-state index contributed by atoms with van der Waals surface area (Å²) in [5, 5.41) is 8.51. The molecule has 1 aliphatic carbocycles. The van der Waals surface area contributed by atoms with Crippen LogP contribution in [-0.2, 0) is 4.79 Å². The summed E-state index contributed by atoms with van der Waals surface area (Å²) >= 11 is 1.45. The number of thiazole rings is 1. The molecule has 1 aliphatic rings. The van der Waals surface area contributed by atoms with Gasteiger partial charge in [0.2, 0.25) is 5.91 Å². The molecule has 0 bridgehead atoms.